The van der Waals surface area contributed by atoms with Crippen LogP contribution < -0.4 is 24.2 Å². The normalized spacial score (nSPS) is 23.4. The van der Waals surface area contributed by atoms with Crippen molar-refractivity contribution in [3.63, 3.8) is 0 Å². The molecule has 4 atom stereocenters. The first kappa shape index (κ1) is 42.4. The smallest absolute Gasteiger partial charge is 0.327 e. The summed E-state index contributed by atoms with van der Waals surface area (Å²) >= 11 is 0. The zero-order chi connectivity index (χ0) is 44.7. The number of hydrogen-bond donors (Lipinski definition) is 1. The van der Waals surface area contributed by atoms with E-state index in [1.165, 1.54) is 29.5 Å². The van der Waals surface area contributed by atoms with Crippen LogP contribution in [0.3, 0.4) is 0 Å². The molecule has 0 spiro atoms. The number of aromatic nitrogens is 3. The van der Waals surface area contributed by atoms with Gasteiger partial charge < -0.3 is 33.9 Å². The summed E-state index contributed by atoms with van der Waals surface area (Å²) in [7, 11) is 0. The molecule has 1 saturated carbocycles. The highest BCUT2D eigenvalue weighted by Crippen LogP contribution is 2.57. The molecule has 10 rings (SSSR count). The van der Waals surface area contributed by atoms with E-state index in [9.17, 15) is 14.3 Å². The molecular weight excluding hydrogens is 833 g/mol. The van der Waals surface area contributed by atoms with E-state index >= 15 is 4.39 Å². The highest BCUT2D eigenvalue weighted by molar-refractivity contribution is 5.97. The summed E-state index contributed by atoms with van der Waals surface area (Å²) in [4.78, 5) is 26.6. The van der Waals surface area contributed by atoms with Gasteiger partial charge in [0.2, 0.25) is 0 Å². The van der Waals surface area contributed by atoms with Gasteiger partial charge in [0, 0.05) is 72.4 Å². The minimum atomic E-state index is -1.43. The maximum absolute atomic E-state index is 15.0. The summed E-state index contributed by atoms with van der Waals surface area (Å²) in [6.07, 6.45) is 3.75. The Kier molecular flexibility index (Phi) is 11.4. The fourth-order valence-electron chi connectivity index (χ4n) is 9.64. The average Bonchev–Trinajstić information content (AvgIpc) is 3.83. The van der Waals surface area contributed by atoms with Crippen molar-refractivity contribution >= 4 is 23.1 Å². The quantitative estimate of drug-likeness (QED) is 0.114. The van der Waals surface area contributed by atoms with Gasteiger partial charge in [0.15, 0.2) is 12.0 Å². The summed E-state index contributed by atoms with van der Waals surface area (Å²) in [5.74, 6) is 0.427. The van der Waals surface area contributed by atoms with Gasteiger partial charge in [-0.1, -0.05) is 42.5 Å². The van der Waals surface area contributed by atoms with Gasteiger partial charge in [0.1, 0.15) is 59.8 Å². The summed E-state index contributed by atoms with van der Waals surface area (Å²) in [5.41, 5.74) is 1.05. The number of ether oxygens (including phenoxy) is 4. The molecule has 4 aliphatic rings. The Labute approximate surface area is 376 Å². The number of carbonyl (C=O) groups excluding carboxylic acids is 1. The zero-order valence-corrected chi connectivity index (χ0v) is 36.2. The first-order valence-electron chi connectivity index (χ1n) is 22.2. The molecular formula is C50H51F2N7O6. The number of urea groups is 1. The number of aliphatic hydroxyl groups is 1. The molecule has 6 aromatic rings. The van der Waals surface area contributed by atoms with Crippen LogP contribution in [0.2, 0.25) is 0 Å². The summed E-state index contributed by atoms with van der Waals surface area (Å²) in [6, 6.07) is 35.5. The molecule has 3 saturated heterocycles. The van der Waals surface area contributed by atoms with Crippen LogP contribution in [0.1, 0.15) is 43.9 Å². The predicted molar refractivity (Wildman–Crippen MR) is 240 cm³/mol. The molecule has 13 nitrogen and oxygen atoms in total. The molecule has 2 amide bonds. The largest absolute Gasteiger partial charge is 0.488 e. The Hall–Kier alpha value is -6.55. The zero-order valence-electron chi connectivity index (χ0n) is 36.2. The molecule has 1 N–H and O–H groups in total. The van der Waals surface area contributed by atoms with Gasteiger partial charge in [-0.05, 0) is 99.5 Å². The molecule has 1 aromatic heterocycles. The minimum Gasteiger partial charge on any atom is -0.488 e. The summed E-state index contributed by atoms with van der Waals surface area (Å²) in [5, 5.41) is 16.9. The number of piperazine rings is 1. The first-order chi connectivity index (χ1) is 31.6. The second kappa shape index (κ2) is 17.4. The Morgan fingerprint density at radius 3 is 2.12 bits per heavy atom. The molecule has 5 aromatic carbocycles. The van der Waals surface area contributed by atoms with E-state index in [1.54, 1.807) is 9.80 Å². The number of nitrogens with zero attached hydrogens (tertiary/aromatic N) is 7. The molecule has 3 aliphatic heterocycles. The van der Waals surface area contributed by atoms with Crippen molar-refractivity contribution in [3.05, 3.63) is 157 Å². The van der Waals surface area contributed by atoms with E-state index < -0.39 is 35.3 Å². The van der Waals surface area contributed by atoms with Crippen LogP contribution in [0.25, 0.3) is 0 Å². The van der Waals surface area contributed by atoms with Gasteiger partial charge in [-0.3, -0.25) is 9.80 Å². The number of amides is 2. The molecule has 0 radical (unpaired) electrons. The van der Waals surface area contributed by atoms with Crippen LogP contribution in [-0.2, 0) is 21.6 Å². The van der Waals surface area contributed by atoms with Gasteiger partial charge in [0.25, 0.3) is 0 Å². The number of benzene rings is 5. The lowest BCUT2D eigenvalue weighted by molar-refractivity contribution is -0.117. The van der Waals surface area contributed by atoms with E-state index in [4.69, 9.17) is 18.9 Å². The van der Waals surface area contributed by atoms with E-state index in [0.717, 1.165) is 62.0 Å². The van der Waals surface area contributed by atoms with E-state index in [-0.39, 0.29) is 43.3 Å². The maximum Gasteiger partial charge on any atom is 0.327 e. The number of anilines is 3. The third-order valence-electron chi connectivity index (χ3n) is 12.9. The van der Waals surface area contributed by atoms with Crippen LogP contribution in [0.4, 0.5) is 30.6 Å². The Balaban J connectivity index is 0.790. The van der Waals surface area contributed by atoms with Crippen LogP contribution >= 0.6 is 0 Å². The number of halogens is 2. The Morgan fingerprint density at radius 2 is 1.48 bits per heavy atom. The van der Waals surface area contributed by atoms with Crippen molar-refractivity contribution in [1.82, 2.24) is 19.7 Å². The SMILES string of the molecule is CC(C)N1C(=O)N(c2ccc(N3CCN(c4ccc(OC[C@H]5OC[C@](Cn6cncn6)(c6ccc(F)cc6F)O5)cc4)CC3)cc2)C(c2ccccc2Oc2ccccc2)C1(O)C1CC1. The average molecular weight is 884 g/mol. The second-order valence-corrected chi connectivity index (χ2v) is 17.4. The van der Waals surface area contributed by atoms with Crippen LogP contribution in [0, 0.1) is 17.6 Å². The number of rotatable bonds is 14. The van der Waals surface area contributed by atoms with E-state index in [0.29, 0.717) is 22.9 Å². The van der Waals surface area contributed by atoms with Crippen molar-refractivity contribution in [3.8, 4) is 17.2 Å². The van der Waals surface area contributed by atoms with Crippen molar-refractivity contribution in [2.24, 2.45) is 5.92 Å². The van der Waals surface area contributed by atoms with Crippen molar-refractivity contribution in [2.45, 2.75) is 62.9 Å². The maximum atomic E-state index is 15.0. The lowest BCUT2D eigenvalue weighted by atomic mass is 9.89. The van der Waals surface area contributed by atoms with Crippen molar-refractivity contribution in [1.29, 1.82) is 0 Å². The molecule has 0 bridgehead atoms. The van der Waals surface area contributed by atoms with Crippen LogP contribution in [0.15, 0.2) is 134 Å². The van der Waals surface area contributed by atoms with Gasteiger partial charge in [-0.25, -0.2) is 23.2 Å². The molecule has 336 valence electrons. The number of hydrogen-bond acceptors (Lipinski definition) is 10. The second-order valence-electron chi connectivity index (χ2n) is 17.4. The fourth-order valence-corrected chi connectivity index (χ4v) is 9.64. The molecule has 4 fully saturated rings. The highest BCUT2D eigenvalue weighted by atomic mass is 19.1. The number of para-hydroxylation sites is 2. The third kappa shape index (κ3) is 8.24. The summed E-state index contributed by atoms with van der Waals surface area (Å²) in [6.45, 7) is 7.27. The van der Waals surface area contributed by atoms with Gasteiger partial charge in [-0.2, -0.15) is 5.10 Å². The Bertz CT molecular complexity index is 2590. The van der Waals surface area contributed by atoms with Crippen LogP contribution in [-0.4, -0.2) is 88.3 Å². The molecule has 4 heterocycles. The molecule has 1 aliphatic carbocycles. The Morgan fingerprint density at radius 1 is 0.815 bits per heavy atom. The van der Waals surface area contributed by atoms with Crippen LogP contribution in [0.5, 0.6) is 17.2 Å². The summed E-state index contributed by atoms with van der Waals surface area (Å²) < 4.78 is 55.1. The topological polar surface area (TPSA) is 118 Å². The highest BCUT2D eigenvalue weighted by Gasteiger charge is 2.65. The van der Waals surface area contributed by atoms with Crippen molar-refractivity contribution in [2.75, 3.05) is 54.1 Å². The number of carbonyl (C=O) groups is 1. The molecule has 2 unspecified atom stereocenters. The third-order valence-corrected chi connectivity index (χ3v) is 12.9. The molecule has 65 heavy (non-hydrogen) atoms. The first-order valence-corrected chi connectivity index (χ1v) is 22.2. The standard InChI is InChI=1S/C50H51F2N7O6/c1-34(2)59-48(60)58(47(50(59,61)35-12-13-35)42-10-6-7-11-45(42)64-41-8-4-3-5-9-41)39-17-15-37(16-18-39)55-24-26-56(27-25-55)38-19-21-40(22-20-38)62-29-46-63-31-49(65-46,30-57-33-53-32-54-57)43-23-14-36(51)28-44(43)52/h3-11,14-23,28,32-35,46-47,61H,12-13,24-27,29-31H2,1-2H3/t46-,47?,49+,50?/m0/s1. The van der Waals surface area contributed by atoms with E-state index in [2.05, 4.69) is 32.0 Å². The van der Waals surface area contributed by atoms with Gasteiger partial charge in [-0.15, -0.1) is 0 Å². The van der Waals surface area contributed by atoms with Crippen molar-refractivity contribution < 1.29 is 37.6 Å². The lowest BCUT2D eigenvalue weighted by Crippen LogP contribution is -2.53. The monoisotopic (exact) mass is 883 g/mol. The minimum absolute atomic E-state index is 0.0132. The fraction of sp³-hybridized carbons (Fsp3) is 0.340. The lowest BCUT2D eigenvalue weighted by Gasteiger charge is -2.39. The predicted octanol–water partition coefficient (Wildman–Crippen LogP) is 8.51. The van der Waals surface area contributed by atoms with E-state index in [1.807, 2.05) is 105 Å². The van der Waals surface area contributed by atoms with Gasteiger partial charge in [0.05, 0.1) is 13.2 Å². The van der Waals surface area contributed by atoms with Gasteiger partial charge >= 0.3 is 6.03 Å². The molecule has 15 heteroatoms.